The topological polar surface area (TPSA) is 23.5 Å². The van der Waals surface area contributed by atoms with Crippen molar-refractivity contribution in [3.8, 4) is 0 Å². The first kappa shape index (κ1) is 12.1. The number of benzene rings is 1. The SMILES string of the molecule is CC(C)CN(C)c1ccccc1[C@@H](C)O. The summed E-state index contributed by atoms with van der Waals surface area (Å²) in [6.07, 6.45) is -0.407. The van der Waals surface area contributed by atoms with Crippen molar-refractivity contribution in [2.75, 3.05) is 18.5 Å². The van der Waals surface area contributed by atoms with Crippen molar-refractivity contribution < 1.29 is 5.11 Å². The van der Waals surface area contributed by atoms with E-state index < -0.39 is 6.10 Å². The molecule has 0 amide bonds. The Morgan fingerprint density at radius 1 is 1.20 bits per heavy atom. The van der Waals surface area contributed by atoms with E-state index in [1.54, 1.807) is 0 Å². The largest absolute Gasteiger partial charge is 0.389 e. The fourth-order valence-corrected chi connectivity index (χ4v) is 1.83. The average molecular weight is 207 g/mol. The fourth-order valence-electron chi connectivity index (χ4n) is 1.83. The van der Waals surface area contributed by atoms with E-state index in [1.165, 1.54) is 0 Å². The molecule has 0 aliphatic carbocycles. The highest BCUT2D eigenvalue weighted by atomic mass is 16.3. The summed E-state index contributed by atoms with van der Waals surface area (Å²) in [5, 5.41) is 9.66. The van der Waals surface area contributed by atoms with Crippen molar-refractivity contribution in [3.63, 3.8) is 0 Å². The summed E-state index contributed by atoms with van der Waals surface area (Å²) in [4.78, 5) is 2.20. The van der Waals surface area contributed by atoms with Crippen LogP contribution in [-0.4, -0.2) is 18.7 Å². The minimum atomic E-state index is -0.407. The Morgan fingerprint density at radius 2 is 1.80 bits per heavy atom. The van der Waals surface area contributed by atoms with E-state index in [4.69, 9.17) is 0 Å². The van der Waals surface area contributed by atoms with Crippen LogP contribution in [0.2, 0.25) is 0 Å². The Balaban J connectivity index is 2.92. The number of hydrogen-bond acceptors (Lipinski definition) is 2. The molecule has 15 heavy (non-hydrogen) atoms. The highest BCUT2D eigenvalue weighted by molar-refractivity contribution is 5.53. The van der Waals surface area contributed by atoms with Gasteiger partial charge >= 0.3 is 0 Å². The second-order valence-corrected chi connectivity index (χ2v) is 4.51. The van der Waals surface area contributed by atoms with Gasteiger partial charge in [-0.1, -0.05) is 32.0 Å². The summed E-state index contributed by atoms with van der Waals surface area (Å²) < 4.78 is 0. The Morgan fingerprint density at radius 3 is 2.33 bits per heavy atom. The molecule has 0 aliphatic rings. The first-order valence-corrected chi connectivity index (χ1v) is 5.50. The van der Waals surface area contributed by atoms with Gasteiger partial charge in [0.2, 0.25) is 0 Å². The molecule has 0 saturated carbocycles. The van der Waals surface area contributed by atoms with Crippen LogP contribution in [0, 0.1) is 5.92 Å². The third-order valence-corrected chi connectivity index (χ3v) is 2.44. The van der Waals surface area contributed by atoms with Crippen LogP contribution in [0.1, 0.15) is 32.4 Å². The van der Waals surface area contributed by atoms with Crippen molar-refractivity contribution >= 4 is 5.69 Å². The number of aliphatic hydroxyl groups excluding tert-OH is 1. The first-order chi connectivity index (χ1) is 7.02. The molecule has 2 nitrogen and oxygen atoms in total. The number of anilines is 1. The van der Waals surface area contributed by atoms with E-state index in [0.29, 0.717) is 5.92 Å². The minimum Gasteiger partial charge on any atom is -0.389 e. The second kappa shape index (κ2) is 5.17. The molecule has 0 aromatic heterocycles. The van der Waals surface area contributed by atoms with E-state index in [0.717, 1.165) is 17.8 Å². The second-order valence-electron chi connectivity index (χ2n) is 4.51. The number of hydrogen-bond donors (Lipinski definition) is 1. The van der Waals surface area contributed by atoms with Gasteiger partial charge in [0, 0.05) is 24.8 Å². The van der Waals surface area contributed by atoms with Crippen LogP contribution < -0.4 is 4.90 Å². The van der Waals surface area contributed by atoms with Gasteiger partial charge in [0.1, 0.15) is 0 Å². The van der Waals surface area contributed by atoms with Crippen molar-refractivity contribution in [2.45, 2.75) is 26.9 Å². The molecule has 0 fully saturated rings. The normalized spacial score (nSPS) is 12.9. The van der Waals surface area contributed by atoms with Crippen LogP contribution >= 0.6 is 0 Å². The lowest BCUT2D eigenvalue weighted by molar-refractivity contribution is 0.199. The summed E-state index contributed by atoms with van der Waals surface area (Å²) in [6.45, 7) is 7.20. The Hall–Kier alpha value is -1.02. The number of nitrogens with zero attached hydrogens (tertiary/aromatic N) is 1. The summed E-state index contributed by atoms with van der Waals surface area (Å²) in [7, 11) is 2.07. The molecule has 1 rings (SSSR count). The standard InChI is InChI=1S/C13H21NO/c1-10(2)9-14(4)13-8-6-5-7-12(13)11(3)15/h5-8,10-11,15H,9H2,1-4H3/t11-/m1/s1. The van der Waals surface area contributed by atoms with E-state index >= 15 is 0 Å². The minimum absolute atomic E-state index is 0.407. The molecule has 1 N–H and O–H groups in total. The zero-order valence-electron chi connectivity index (χ0n) is 10.1. The molecule has 0 bridgehead atoms. The lowest BCUT2D eigenvalue weighted by Gasteiger charge is -2.25. The van der Waals surface area contributed by atoms with Gasteiger partial charge in [0.15, 0.2) is 0 Å². The van der Waals surface area contributed by atoms with E-state index in [2.05, 4.69) is 31.9 Å². The molecular weight excluding hydrogens is 186 g/mol. The highest BCUT2D eigenvalue weighted by Crippen LogP contribution is 2.25. The molecule has 0 unspecified atom stereocenters. The number of aliphatic hydroxyl groups is 1. The van der Waals surface area contributed by atoms with Gasteiger partial charge in [-0.05, 0) is 18.9 Å². The van der Waals surface area contributed by atoms with Crippen LogP contribution in [0.15, 0.2) is 24.3 Å². The predicted molar refractivity (Wildman–Crippen MR) is 65.2 cm³/mol. The third kappa shape index (κ3) is 3.24. The molecule has 0 saturated heterocycles. The smallest absolute Gasteiger partial charge is 0.0781 e. The van der Waals surface area contributed by atoms with Crippen molar-refractivity contribution in [2.24, 2.45) is 5.92 Å². The van der Waals surface area contributed by atoms with Gasteiger partial charge in [-0.25, -0.2) is 0 Å². The van der Waals surface area contributed by atoms with Gasteiger partial charge in [-0.2, -0.15) is 0 Å². The Bertz CT molecular complexity index is 307. The maximum absolute atomic E-state index is 9.66. The molecule has 0 radical (unpaired) electrons. The summed E-state index contributed by atoms with van der Waals surface area (Å²) in [5.74, 6) is 0.622. The molecule has 0 heterocycles. The molecule has 0 aliphatic heterocycles. The molecule has 2 heteroatoms. The predicted octanol–water partition coefficient (Wildman–Crippen LogP) is 2.83. The maximum atomic E-state index is 9.66. The van der Waals surface area contributed by atoms with Gasteiger partial charge in [-0.15, -0.1) is 0 Å². The van der Waals surface area contributed by atoms with Crippen LogP contribution in [0.25, 0.3) is 0 Å². The van der Waals surface area contributed by atoms with Crippen LogP contribution in [-0.2, 0) is 0 Å². The quantitative estimate of drug-likeness (QED) is 0.820. The zero-order valence-corrected chi connectivity index (χ0v) is 10.1. The summed E-state index contributed by atoms with van der Waals surface area (Å²) >= 11 is 0. The van der Waals surface area contributed by atoms with E-state index in [9.17, 15) is 5.11 Å². The summed E-state index contributed by atoms with van der Waals surface area (Å²) in [5.41, 5.74) is 2.13. The van der Waals surface area contributed by atoms with E-state index in [-0.39, 0.29) is 0 Å². The molecule has 1 aromatic carbocycles. The van der Waals surface area contributed by atoms with Crippen LogP contribution in [0.5, 0.6) is 0 Å². The van der Waals surface area contributed by atoms with Crippen molar-refractivity contribution in [1.82, 2.24) is 0 Å². The molecular formula is C13H21NO. The molecule has 84 valence electrons. The first-order valence-electron chi connectivity index (χ1n) is 5.50. The van der Waals surface area contributed by atoms with E-state index in [1.807, 2.05) is 25.1 Å². The lowest BCUT2D eigenvalue weighted by atomic mass is 10.1. The number of rotatable bonds is 4. The lowest BCUT2D eigenvalue weighted by Crippen LogP contribution is -2.23. The average Bonchev–Trinajstić information content (AvgIpc) is 2.16. The molecule has 1 aromatic rings. The Kier molecular flexibility index (Phi) is 4.15. The summed E-state index contributed by atoms with van der Waals surface area (Å²) in [6, 6.07) is 8.02. The monoisotopic (exact) mass is 207 g/mol. The van der Waals surface area contributed by atoms with Crippen LogP contribution in [0.3, 0.4) is 0 Å². The Labute approximate surface area is 92.5 Å². The molecule has 1 atom stereocenters. The van der Waals surface area contributed by atoms with Crippen molar-refractivity contribution in [1.29, 1.82) is 0 Å². The zero-order chi connectivity index (χ0) is 11.4. The fraction of sp³-hybridized carbons (Fsp3) is 0.538. The maximum Gasteiger partial charge on any atom is 0.0781 e. The third-order valence-electron chi connectivity index (χ3n) is 2.44. The van der Waals surface area contributed by atoms with Crippen LogP contribution in [0.4, 0.5) is 5.69 Å². The van der Waals surface area contributed by atoms with Gasteiger partial charge in [0.05, 0.1) is 6.10 Å². The van der Waals surface area contributed by atoms with Crippen molar-refractivity contribution in [3.05, 3.63) is 29.8 Å². The van der Waals surface area contributed by atoms with Gasteiger partial charge in [0.25, 0.3) is 0 Å². The highest BCUT2D eigenvalue weighted by Gasteiger charge is 2.11. The van der Waals surface area contributed by atoms with Gasteiger partial charge < -0.3 is 10.0 Å². The number of para-hydroxylation sites is 1. The molecule has 0 spiro atoms. The van der Waals surface area contributed by atoms with Gasteiger partial charge in [-0.3, -0.25) is 0 Å².